The fourth-order valence-electron chi connectivity index (χ4n) is 2.38. The summed E-state index contributed by atoms with van der Waals surface area (Å²) in [6.07, 6.45) is 5.21. The van der Waals surface area contributed by atoms with Crippen LogP contribution >= 0.6 is 0 Å². The summed E-state index contributed by atoms with van der Waals surface area (Å²) < 4.78 is 30.2. The molecule has 27 heavy (non-hydrogen) atoms. The Labute approximate surface area is 159 Å². The second-order valence-electron chi connectivity index (χ2n) is 5.85. The zero-order valence-corrected chi connectivity index (χ0v) is 15.8. The van der Waals surface area contributed by atoms with Crippen LogP contribution in [0.4, 0.5) is 0 Å². The summed E-state index contributed by atoms with van der Waals surface area (Å²) in [6, 6.07) is 12.6. The zero-order valence-electron chi connectivity index (χ0n) is 15.0. The minimum atomic E-state index is -4.00. The number of nitrogens with zero attached hydrogens (tertiary/aromatic N) is 2. The van der Waals surface area contributed by atoms with Crippen LogP contribution in [0.1, 0.15) is 21.5 Å². The summed E-state index contributed by atoms with van der Waals surface area (Å²) in [5.41, 5.74) is 1.65. The molecule has 0 bridgehead atoms. The largest absolute Gasteiger partial charge is 0.379 e. The molecular weight excluding hydrogens is 364 g/mol. The average Bonchev–Trinajstić information content (AvgIpc) is 2.63. The van der Waals surface area contributed by atoms with Gasteiger partial charge in [-0.2, -0.15) is 13.7 Å². The highest BCUT2D eigenvalue weighted by atomic mass is 32.2. The topological polar surface area (TPSA) is 87.5 Å². The Morgan fingerprint density at radius 2 is 1.81 bits per heavy atom. The van der Waals surface area contributed by atoms with Crippen molar-refractivity contribution < 1.29 is 17.4 Å². The van der Waals surface area contributed by atoms with Crippen LogP contribution in [-0.2, 0) is 10.1 Å². The van der Waals surface area contributed by atoms with Gasteiger partial charge in [0, 0.05) is 5.56 Å². The van der Waals surface area contributed by atoms with Crippen LogP contribution in [0.25, 0.3) is 0 Å². The van der Waals surface area contributed by atoms with Gasteiger partial charge in [-0.3, -0.25) is 4.79 Å². The van der Waals surface area contributed by atoms with Crippen molar-refractivity contribution in [2.75, 3.05) is 13.1 Å². The number of terminal acetylenes is 1. The fourth-order valence-corrected chi connectivity index (χ4v) is 3.63. The third kappa shape index (κ3) is 4.87. The van der Waals surface area contributed by atoms with Crippen LogP contribution in [0.3, 0.4) is 0 Å². The molecule has 1 amide bonds. The van der Waals surface area contributed by atoms with Gasteiger partial charge in [-0.05, 0) is 55.3 Å². The highest BCUT2D eigenvalue weighted by Gasteiger charge is 2.20. The molecule has 138 valence electrons. The van der Waals surface area contributed by atoms with E-state index in [0.29, 0.717) is 5.56 Å². The van der Waals surface area contributed by atoms with E-state index in [2.05, 4.69) is 5.92 Å². The maximum Gasteiger partial charge on any atom is 0.339 e. The van der Waals surface area contributed by atoms with Crippen LogP contribution in [0.2, 0.25) is 0 Å². The van der Waals surface area contributed by atoms with Gasteiger partial charge in [0.2, 0.25) is 0 Å². The Morgan fingerprint density at radius 3 is 2.41 bits per heavy atom. The van der Waals surface area contributed by atoms with Gasteiger partial charge in [-0.25, -0.2) is 0 Å². The predicted octanol–water partition coefficient (Wildman–Crippen LogP) is 2.67. The standard InChI is InChI=1S/C20H18N2O4S/c1-4-12-22(13-11-21)20(23)17-7-9-18(10-8-17)26-27(24,25)19-14-15(2)5-6-16(19)3/h1,5-10,14H,12-13H2,2-3H3. The SMILES string of the molecule is C#CCN(CC#N)C(=O)c1ccc(OS(=O)(=O)c2cc(C)ccc2C)cc1. The molecule has 0 N–H and O–H groups in total. The molecule has 0 heterocycles. The number of benzene rings is 2. The van der Waals surface area contributed by atoms with Crippen LogP contribution in [0.5, 0.6) is 5.75 Å². The lowest BCUT2D eigenvalue weighted by molar-refractivity contribution is 0.0795. The van der Waals surface area contributed by atoms with E-state index in [4.69, 9.17) is 15.9 Å². The normalized spacial score (nSPS) is 10.5. The lowest BCUT2D eigenvalue weighted by Gasteiger charge is -2.16. The Hall–Kier alpha value is -3.29. The van der Waals surface area contributed by atoms with Crippen LogP contribution in [-0.4, -0.2) is 32.3 Å². The van der Waals surface area contributed by atoms with E-state index in [1.54, 1.807) is 26.0 Å². The number of hydrogen-bond donors (Lipinski definition) is 0. The van der Waals surface area contributed by atoms with E-state index in [-0.39, 0.29) is 29.3 Å². The maximum absolute atomic E-state index is 12.5. The smallest absolute Gasteiger partial charge is 0.339 e. The van der Waals surface area contributed by atoms with Crippen LogP contribution < -0.4 is 4.18 Å². The van der Waals surface area contributed by atoms with Gasteiger partial charge in [-0.1, -0.05) is 18.1 Å². The van der Waals surface area contributed by atoms with E-state index in [9.17, 15) is 13.2 Å². The Morgan fingerprint density at radius 1 is 1.15 bits per heavy atom. The maximum atomic E-state index is 12.5. The molecular formula is C20H18N2O4S. The van der Waals surface area contributed by atoms with Gasteiger partial charge in [-0.15, -0.1) is 6.42 Å². The molecule has 0 aliphatic heterocycles. The van der Waals surface area contributed by atoms with Gasteiger partial charge < -0.3 is 9.08 Å². The van der Waals surface area contributed by atoms with Gasteiger partial charge >= 0.3 is 10.1 Å². The monoisotopic (exact) mass is 382 g/mol. The lowest BCUT2D eigenvalue weighted by atomic mass is 10.2. The van der Waals surface area contributed by atoms with E-state index in [1.807, 2.05) is 12.1 Å². The summed E-state index contributed by atoms with van der Waals surface area (Å²) in [5, 5.41) is 8.78. The number of carbonyl (C=O) groups is 1. The number of nitriles is 1. The average molecular weight is 382 g/mol. The molecule has 0 radical (unpaired) electrons. The lowest BCUT2D eigenvalue weighted by Crippen LogP contribution is -2.31. The van der Waals surface area contributed by atoms with Gasteiger partial charge in [0.25, 0.3) is 5.91 Å². The van der Waals surface area contributed by atoms with Crippen LogP contribution in [0, 0.1) is 37.5 Å². The van der Waals surface area contributed by atoms with Crippen molar-refractivity contribution in [3.63, 3.8) is 0 Å². The van der Waals surface area contributed by atoms with Gasteiger partial charge in [0.1, 0.15) is 17.2 Å². The molecule has 2 rings (SSSR count). The van der Waals surface area contributed by atoms with Gasteiger partial charge in [0.15, 0.2) is 0 Å². The van der Waals surface area contributed by atoms with Crippen molar-refractivity contribution in [3.8, 4) is 24.2 Å². The molecule has 0 spiro atoms. The summed E-state index contributed by atoms with van der Waals surface area (Å²) in [6.45, 7) is 3.35. The van der Waals surface area contributed by atoms with E-state index in [0.717, 1.165) is 5.56 Å². The van der Waals surface area contributed by atoms with Crippen molar-refractivity contribution in [1.29, 1.82) is 5.26 Å². The molecule has 0 aliphatic carbocycles. The molecule has 2 aromatic rings. The first-order valence-corrected chi connectivity index (χ1v) is 9.41. The highest BCUT2D eigenvalue weighted by molar-refractivity contribution is 7.87. The van der Waals surface area contributed by atoms with Crippen molar-refractivity contribution in [1.82, 2.24) is 4.90 Å². The molecule has 2 aromatic carbocycles. The summed E-state index contributed by atoms with van der Waals surface area (Å²) in [4.78, 5) is 13.7. The zero-order chi connectivity index (χ0) is 20.0. The first kappa shape index (κ1) is 20.0. The van der Waals surface area contributed by atoms with Crippen molar-refractivity contribution in [2.24, 2.45) is 0 Å². The fraction of sp³-hybridized carbons (Fsp3) is 0.200. The third-order valence-electron chi connectivity index (χ3n) is 3.75. The quantitative estimate of drug-likeness (QED) is 0.435. The molecule has 7 heteroatoms. The van der Waals surface area contributed by atoms with Crippen molar-refractivity contribution in [3.05, 3.63) is 59.2 Å². The molecule has 0 aromatic heterocycles. The number of aryl methyl sites for hydroxylation is 2. The number of rotatable bonds is 6. The highest BCUT2D eigenvalue weighted by Crippen LogP contribution is 2.23. The van der Waals surface area contributed by atoms with Crippen molar-refractivity contribution >= 4 is 16.0 Å². The number of carbonyl (C=O) groups excluding carboxylic acids is 1. The second-order valence-corrected chi connectivity index (χ2v) is 7.37. The van der Waals surface area contributed by atoms with Crippen LogP contribution in [0.15, 0.2) is 47.4 Å². The predicted molar refractivity (Wildman–Crippen MR) is 101 cm³/mol. The molecule has 0 saturated carbocycles. The second kappa shape index (κ2) is 8.39. The molecule has 6 nitrogen and oxygen atoms in total. The summed E-state index contributed by atoms with van der Waals surface area (Å²) >= 11 is 0. The Kier molecular flexibility index (Phi) is 6.23. The van der Waals surface area contributed by atoms with E-state index in [1.165, 1.54) is 29.2 Å². The van der Waals surface area contributed by atoms with Gasteiger partial charge in [0.05, 0.1) is 12.6 Å². The van der Waals surface area contributed by atoms with E-state index >= 15 is 0 Å². The molecule has 0 fully saturated rings. The number of amides is 1. The minimum Gasteiger partial charge on any atom is -0.379 e. The molecule has 0 unspecified atom stereocenters. The first-order chi connectivity index (χ1) is 12.8. The molecule has 0 atom stereocenters. The number of hydrogen-bond acceptors (Lipinski definition) is 5. The third-order valence-corrected chi connectivity index (χ3v) is 5.14. The summed E-state index contributed by atoms with van der Waals surface area (Å²) in [7, 11) is -4.00. The first-order valence-electron chi connectivity index (χ1n) is 8.00. The molecule has 0 aliphatic rings. The summed E-state index contributed by atoms with van der Waals surface area (Å²) in [5.74, 6) is 1.99. The Balaban J connectivity index is 2.23. The minimum absolute atomic E-state index is 0.00561. The van der Waals surface area contributed by atoms with Crippen molar-refractivity contribution in [2.45, 2.75) is 18.7 Å². The Bertz CT molecular complexity index is 1010. The molecule has 0 saturated heterocycles. The van der Waals surface area contributed by atoms with E-state index < -0.39 is 16.0 Å².